The van der Waals surface area contributed by atoms with Gasteiger partial charge >= 0.3 is 0 Å². The Kier molecular flexibility index (Phi) is 5.62. The maximum absolute atomic E-state index is 3.72. The van der Waals surface area contributed by atoms with Crippen molar-refractivity contribution in [3.8, 4) is 0 Å². The molecule has 134 valence electrons. The molecule has 1 aliphatic carbocycles. The predicted octanol–water partition coefficient (Wildman–Crippen LogP) is 5.57. The number of hydrogen-bond acceptors (Lipinski definition) is 0. The molecule has 0 aromatic heterocycles. The van der Waals surface area contributed by atoms with Crippen LogP contribution < -0.4 is 15.6 Å². The molecule has 1 aliphatic rings. The summed E-state index contributed by atoms with van der Waals surface area (Å²) in [4.78, 5) is 0. The molecule has 0 N–H and O–H groups in total. The van der Waals surface area contributed by atoms with Crippen molar-refractivity contribution < 1.29 is 0 Å². The lowest BCUT2D eigenvalue weighted by Gasteiger charge is -2.40. The fraction of sp³-hybridized carbons (Fsp3) is 0.0833. The molecule has 27 heavy (non-hydrogen) atoms. The normalized spacial score (nSPS) is 16.4. The monoisotopic (exact) mass is 494 g/mol. The van der Waals surface area contributed by atoms with Gasteiger partial charge in [-0.25, -0.2) is 0 Å². The van der Waals surface area contributed by atoms with Gasteiger partial charge in [-0.05, 0) is 51.8 Å². The predicted molar refractivity (Wildman–Crippen MR) is 126 cm³/mol. The maximum Gasteiger partial charge on any atom is 0.155 e. The van der Waals surface area contributed by atoms with Crippen LogP contribution in [0.3, 0.4) is 0 Å². The zero-order valence-electron chi connectivity index (χ0n) is 14.9. The summed E-state index contributed by atoms with van der Waals surface area (Å²) in [5.74, 6) is 0. The highest BCUT2D eigenvalue weighted by molar-refractivity contribution is 9.10. The van der Waals surface area contributed by atoms with Crippen molar-refractivity contribution in [2.24, 2.45) is 0 Å². The van der Waals surface area contributed by atoms with Gasteiger partial charge in [0.2, 0.25) is 0 Å². The molecule has 4 rings (SSSR count). The molecule has 1 unspecified atom stereocenters. The van der Waals surface area contributed by atoms with Gasteiger partial charge in [-0.2, -0.15) is 0 Å². The van der Waals surface area contributed by atoms with Crippen LogP contribution in [0.25, 0.3) is 0 Å². The SMILES string of the molecule is Brc1cccc([Si](c2ccccc2)(c2cccc(Br)c2)C2C=CC=CC2)c1. The first-order valence-electron chi connectivity index (χ1n) is 9.12. The van der Waals surface area contributed by atoms with E-state index in [1.54, 1.807) is 0 Å². The standard InChI is InChI=1S/C24H20Br2Si/c25-19-9-7-15-23(17-19)27(21-11-3-1-4-12-21,22-13-5-2-6-14-22)24-16-8-10-20(26)18-24/h1-13,15-18,22H,14H2. The molecule has 0 amide bonds. The molecule has 1 atom stereocenters. The lowest BCUT2D eigenvalue weighted by molar-refractivity contribution is 0.997. The quantitative estimate of drug-likeness (QED) is 0.328. The average Bonchev–Trinajstić information content (AvgIpc) is 2.71. The topological polar surface area (TPSA) is 0 Å². The second-order valence-electron chi connectivity index (χ2n) is 6.85. The van der Waals surface area contributed by atoms with Gasteiger partial charge < -0.3 is 0 Å². The van der Waals surface area contributed by atoms with Crippen molar-refractivity contribution in [1.82, 2.24) is 0 Å². The van der Waals surface area contributed by atoms with Crippen LogP contribution in [-0.2, 0) is 0 Å². The first kappa shape index (κ1) is 18.7. The van der Waals surface area contributed by atoms with Gasteiger partial charge in [0.25, 0.3) is 0 Å². The average molecular weight is 496 g/mol. The van der Waals surface area contributed by atoms with Crippen LogP contribution in [0.5, 0.6) is 0 Å². The molecule has 0 bridgehead atoms. The van der Waals surface area contributed by atoms with Crippen LogP contribution in [-0.4, -0.2) is 8.07 Å². The summed E-state index contributed by atoms with van der Waals surface area (Å²) in [5, 5.41) is 4.32. The molecule has 0 fully saturated rings. The Morgan fingerprint density at radius 3 is 1.78 bits per heavy atom. The fourth-order valence-corrected chi connectivity index (χ4v) is 10.8. The lowest BCUT2D eigenvalue weighted by atomic mass is 10.2. The Hall–Kier alpha value is -1.68. The van der Waals surface area contributed by atoms with E-state index in [1.807, 2.05) is 0 Å². The van der Waals surface area contributed by atoms with E-state index in [0.29, 0.717) is 5.54 Å². The molecule has 0 nitrogen and oxygen atoms in total. The molecular weight excluding hydrogens is 476 g/mol. The Morgan fingerprint density at radius 1 is 0.667 bits per heavy atom. The first-order chi connectivity index (χ1) is 13.2. The van der Waals surface area contributed by atoms with E-state index >= 15 is 0 Å². The van der Waals surface area contributed by atoms with E-state index in [9.17, 15) is 0 Å². The summed E-state index contributed by atoms with van der Waals surface area (Å²) in [7, 11) is -2.28. The molecule has 3 aromatic rings. The number of rotatable bonds is 4. The third kappa shape index (κ3) is 3.56. The zero-order valence-corrected chi connectivity index (χ0v) is 19.0. The number of allylic oxidation sites excluding steroid dienone is 4. The van der Waals surface area contributed by atoms with Gasteiger partial charge in [-0.3, -0.25) is 0 Å². The molecule has 0 aliphatic heterocycles. The molecule has 0 saturated heterocycles. The number of halogens is 2. The Balaban J connectivity index is 2.08. The summed E-state index contributed by atoms with van der Waals surface area (Å²) in [6.07, 6.45) is 10.2. The number of hydrogen-bond donors (Lipinski definition) is 0. The summed E-state index contributed by atoms with van der Waals surface area (Å²) < 4.78 is 2.27. The lowest BCUT2D eigenvalue weighted by Crippen LogP contribution is -2.69. The largest absolute Gasteiger partial charge is 0.155 e. The van der Waals surface area contributed by atoms with Crippen molar-refractivity contribution in [3.05, 3.63) is 112 Å². The Bertz CT molecular complexity index is 947. The van der Waals surface area contributed by atoms with Gasteiger partial charge in [0.15, 0.2) is 8.07 Å². The Morgan fingerprint density at radius 2 is 1.26 bits per heavy atom. The van der Waals surface area contributed by atoms with Crippen molar-refractivity contribution in [1.29, 1.82) is 0 Å². The summed E-state index contributed by atoms with van der Waals surface area (Å²) in [6, 6.07) is 29.0. The summed E-state index contributed by atoms with van der Waals surface area (Å²) in [6.45, 7) is 0. The van der Waals surface area contributed by atoms with Crippen LogP contribution >= 0.6 is 31.9 Å². The highest BCUT2D eigenvalue weighted by Gasteiger charge is 2.45. The van der Waals surface area contributed by atoms with Gasteiger partial charge in [0.05, 0.1) is 0 Å². The van der Waals surface area contributed by atoms with E-state index in [1.165, 1.54) is 15.6 Å². The molecule has 0 radical (unpaired) electrons. The van der Waals surface area contributed by atoms with Crippen molar-refractivity contribution >= 4 is 55.5 Å². The molecule has 0 heterocycles. The summed E-state index contributed by atoms with van der Waals surface area (Å²) >= 11 is 7.44. The maximum atomic E-state index is 3.72. The molecular formula is C24H20Br2Si. The van der Waals surface area contributed by atoms with E-state index in [0.717, 1.165) is 15.4 Å². The molecule has 0 spiro atoms. The zero-order chi connectivity index (χ0) is 18.7. The van der Waals surface area contributed by atoms with Crippen LogP contribution in [0.2, 0.25) is 5.54 Å². The molecule has 3 aromatic carbocycles. The minimum atomic E-state index is -2.28. The fourth-order valence-electron chi connectivity index (χ4n) is 4.21. The second-order valence-corrected chi connectivity index (χ2v) is 12.8. The van der Waals surface area contributed by atoms with Gasteiger partial charge in [0, 0.05) is 8.95 Å². The highest BCUT2D eigenvalue weighted by Crippen LogP contribution is 2.31. The third-order valence-electron chi connectivity index (χ3n) is 5.33. The van der Waals surface area contributed by atoms with E-state index in [4.69, 9.17) is 0 Å². The van der Waals surface area contributed by atoms with Crippen LogP contribution in [0.4, 0.5) is 0 Å². The Labute approximate surface area is 178 Å². The van der Waals surface area contributed by atoms with Crippen molar-refractivity contribution in [2.75, 3.05) is 0 Å². The van der Waals surface area contributed by atoms with Crippen LogP contribution in [0, 0.1) is 0 Å². The second kappa shape index (κ2) is 8.13. The molecule has 3 heteroatoms. The highest BCUT2D eigenvalue weighted by atomic mass is 79.9. The van der Waals surface area contributed by atoms with E-state index < -0.39 is 8.07 Å². The minimum Gasteiger partial charge on any atom is -0.0842 e. The van der Waals surface area contributed by atoms with Crippen LogP contribution in [0.1, 0.15) is 6.42 Å². The number of benzene rings is 3. The van der Waals surface area contributed by atoms with E-state index in [2.05, 4.69) is 135 Å². The van der Waals surface area contributed by atoms with Crippen molar-refractivity contribution in [2.45, 2.75) is 12.0 Å². The van der Waals surface area contributed by atoms with Crippen LogP contribution in [0.15, 0.2) is 112 Å². The van der Waals surface area contributed by atoms with Gasteiger partial charge in [-0.15, -0.1) is 0 Å². The van der Waals surface area contributed by atoms with Gasteiger partial charge in [-0.1, -0.05) is 111 Å². The third-order valence-corrected chi connectivity index (χ3v) is 11.5. The van der Waals surface area contributed by atoms with Gasteiger partial charge in [0.1, 0.15) is 0 Å². The minimum absolute atomic E-state index is 0.466. The van der Waals surface area contributed by atoms with Crippen molar-refractivity contribution in [3.63, 3.8) is 0 Å². The summed E-state index contributed by atoms with van der Waals surface area (Å²) in [5.41, 5.74) is 0.466. The first-order valence-corrected chi connectivity index (χ1v) is 12.8. The smallest absolute Gasteiger partial charge is 0.0842 e. The van der Waals surface area contributed by atoms with E-state index in [-0.39, 0.29) is 0 Å². The molecule has 0 saturated carbocycles.